The van der Waals surface area contributed by atoms with Gasteiger partial charge in [0.05, 0.1) is 27.7 Å². The number of quaternary nitrogens is 1. The first-order valence-electron chi connectivity index (χ1n) is 4.51. The molecule has 0 saturated carbocycles. The Bertz CT molecular complexity index is 98.7. The van der Waals surface area contributed by atoms with Gasteiger partial charge in [0.1, 0.15) is 0 Å². The Hall–Kier alpha value is 0.907. The van der Waals surface area contributed by atoms with Crippen molar-refractivity contribution in [1.82, 2.24) is 0 Å². The highest BCUT2D eigenvalue weighted by Crippen LogP contribution is 2.11. The summed E-state index contributed by atoms with van der Waals surface area (Å²) in [5, 5.41) is 0. The molecule has 12 heavy (non-hydrogen) atoms. The predicted molar refractivity (Wildman–Crippen MR) is 55.7 cm³/mol. The zero-order valence-corrected chi connectivity index (χ0v) is 12.6. The maximum atomic E-state index is 2.45. The van der Waals surface area contributed by atoms with Crippen molar-refractivity contribution in [3.05, 3.63) is 0 Å². The average molecular weight is 301 g/mol. The van der Waals surface area contributed by atoms with Crippen LogP contribution in [0.5, 0.6) is 0 Å². The second-order valence-electron chi connectivity index (χ2n) is 5.68. The SMILES string of the molecule is C[N+](C)(C)CCC[Si](C)(C)C.[I-]. The highest BCUT2D eigenvalue weighted by Gasteiger charge is 2.14. The summed E-state index contributed by atoms with van der Waals surface area (Å²) in [6.45, 7) is 8.66. The van der Waals surface area contributed by atoms with Gasteiger partial charge in [-0.1, -0.05) is 25.7 Å². The van der Waals surface area contributed by atoms with Crippen LogP contribution in [-0.2, 0) is 0 Å². The lowest BCUT2D eigenvalue weighted by Gasteiger charge is -2.25. The van der Waals surface area contributed by atoms with Crippen molar-refractivity contribution in [2.45, 2.75) is 32.1 Å². The lowest BCUT2D eigenvalue weighted by atomic mass is 10.4. The highest BCUT2D eigenvalue weighted by atomic mass is 127. The standard InChI is InChI=1S/C9H24NSi.HI/c1-10(2,3)8-7-9-11(4,5)6;/h7-9H2,1-6H3;1H/q+1;/p-1. The molecule has 3 heteroatoms. The molecule has 0 aromatic heterocycles. The van der Waals surface area contributed by atoms with Gasteiger partial charge in [-0.25, -0.2) is 0 Å². The van der Waals surface area contributed by atoms with E-state index in [2.05, 4.69) is 40.8 Å². The van der Waals surface area contributed by atoms with Crippen LogP contribution in [0, 0.1) is 0 Å². The van der Waals surface area contributed by atoms with E-state index in [-0.39, 0.29) is 24.0 Å². The van der Waals surface area contributed by atoms with E-state index in [1.165, 1.54) is 19.0 Å². The minimum atomic E-state index is -0.767. The summed E-state index contributed by atoms with van der Waals surface area (Å²) in [6.07, 6.45) is 1.40. The van der Waals surface area contributed by atoms with E-state index >= 15 is 0 Å². The number of nitrogens with zero attached hydrogens (tertiary/aromatic N) is 1. The fourth-order valence-corrected chi connectivity index (χ4v) is 2.30. The van der Waals surface area contributed by atoms with Crippen LogP contribution in [0.1, 0.15) is 6.42 Å². The van der Waals surface area contributed by atoms with Crippen molar-refractivity contribution in [1.29, 1.82) is 0 Å². The summed E-state index contributed by atoms with van der Waals surface area (Å²) in [5.74, 6) is 0. The number of halogens is 1. The van der Waals surface area contributed by atoms with Crippen molar-refractivity contribution < 1.29 is 28.5 Å². The first kappa shape index (κ1) is 15.4. The third-order valence-electron chi connectivity index (χ3n) is 1.76. The Kier molecular flexibility index (Phi) is 7.18. The van der Waals surface area contributed by atoms with Gasteiger partial charge in [-0.05, 0) is 6.42 Å². The van der Waals surface area contributed by atoms with Gasteiger partial charge in [0.25, 0.3) is 0 Å². The molecule has 0 heterocycles. The Morgan fingerprint density at radius 3 is 1.67 bits per heavy atom. The molecule has 0 aliphatic rings. The molecule has 0 saturated heterocycles. The first-order chi connectivity index (χ1) is 4.71. The fourth-order valence-electron chi connectivity index (χ4n) is 1.08. The molecule has 0 fully saturated rings. The van der Waals surface area contributed by atoms with Crippen LogP contribution < -0.4 is 24.0 Å². The van der Waals surface area contributed by atoms with Crippen molar-refractivity contribution in [2.75, 3.05) is 27.7 Å². The van der Waals surface area contributed by atoms with Gasteiger partial charge in [0, 0.05) is 8.07 Å². The third-order valence-corrected chi connectivity index (χ3v) is 3.61. The van der Waals surface area contributed by atoms with Gasteiger partial charge in [0.15, 0.2) is 0 Å². The minimum Gasteiger partial charge on any atom is -1.00 e. The van der Waals surface area contributed by atoms with Gasteiger partial charge in [-0.15, -0.1) is 0 Å². The molecule has 1 nitrogen and oxygen atoms in total. The van der Waals surface area contributed by atoms with E-state index in [1.807, 2.05) is 0 Å². The van der Waals surface area contributed by atoms with Crippen LogP contribution >= 0.6 is 0 Å². The smallest absolute Gasteiger partial charge is 0.0777 e. The van der Waals surface area contributed by atoms with E-state index in [4.69, 9.17) is 0 Å². The molecule has 0 aromatic rings. The molecule has 0 spiro atoms. The van der Waals surface area contributed by atoms with Crippen LogP contribution in [0.25, 0.3) is 0 Å². The summed E-state index contributed by atoms with van der Waals surface area (Å²) >= 11 is 0. The lowest BCUT2D eigenvalue weighted by molar-refractivity contribution is -0.870. The molecule has 0 amide bonds. The second-order valence-corrected chi connectivity index (χ2v) is 11.3. The van der Waals surface area contributed by atoms with E-state index in [0.717, 1.165) is 4.48 Å². The Morgan fingerprint density at radius 1 is 1.00 bits per heavy atom. The second kappa shape index (κ2) is 5.60. The largest absolute Gasteiger partial charge is 1.00 e. The highest BCUT2D eigenvalue weighted by molar-refractivity contribution is 6.76. The summed E-state index contributed by atoms with van der Waals surface area (Å²) in [7, 11) is 6.04. The fraction of sp³-hybridized carbons (Fsp3) is 1.00. The number of hydrogen-bond donors (Lipinski definition) is 0. The number of hydrogen-bond acceptors (Lipinski definition) is 0. The monoisotopic (exact) mass is 301 g/mol. The molecule has 0 radical (unpaired) electrons. The molecule has 0 unspecified atom stereocenters. The zero-order chi connectivity index (χ0) is 9.12. The Balaban J connectivity index is 0. The summed E-state index contributed by atoms with van der Waals surface area (Å²) in [5.41, 5.74) is 0. The van der Waals surface area contributed by atoms with Crippen LogP contribution in [-0.4, -0.2) is 40.2 Å². The molecule has 0 bridgehead atoms. The normalized spacial score (nSPS) is 12.5. The van der Waals surface area contributed by atoms with Gasteiger partial charge >= 0.3 is 0 Å². The Labute approximate surface area is 96.2 Å². The number of rotatable bonds is 4. The van der Waals surface area contributed by atoms with Crippen molar-refractivity contribution in [3.8, 4) is 0 Å². The zero-order valence-electron chi connectivity index (χ0n) is 9.45. The Morgan fingerprint density at radius 2 is 1.42 bits per heavy atom. The van der Waals surface area contributed by atoms with Gasteiger partial charge < -0.3 is 28.5 Å². The minimum absolute atomic E-state index is 0. The summed E-state index contributed by atoms with van der Waals surface area (Å²) in [4.78, 5) is 0. The molecular formula is C9H24INSi. The third kappa shape index (κ3) is 13.5. The van der Waals surface area contributed by atoms with Crippen molar-refractivity contribution >= 4 is 8.07 Å². The predicted octanol–water partition coefficient (Wildman–Crippen LogP) is -0.575. The van der Waals surface area contributed by atoms with E-state index in [9.17, 15) is 0 Å². The van der Waals surface area contributed by atoms with Gasteiger partial charge in [0.2, 0.25) is 0 Å². The lowest BCUT2D eigenvalue weighted by Crippen LogP contribution is -3.00. The molecule has 76 valence electrons. The topological polar surface area (TPSA) is 0 Å². The molecule has 0 atom stereocenters. The van der Waals surface area contributed by atoms with E-state index in [1.54, 1.807) is 0 Å². The van der Waals surface area contributed by atoms with Crippen molar-refractivity contribution in [3.63, 3.8) is 0 Å². The van der Waals surface area contributed by atoms with Crippen LogP contribution in [0.3, 0.4) is 0 Å². The molecule has 0 rings (SSSR count). The van der Waals surface area contributed by atoms with Crippen LogP contribution in [0.4, 0.5) is 0 Å². The van der Waals surface area contributed by atoms with Crippen molar-refractivity contribution in [2.24, 2.45) is 0 Å². The van der Waals surface area contributed by atoms with Gasteiger partial charge in [-0.2, -0.15) is 0 Å². The molecule has 0 aliphatic heterocycles. The van der Waals surface area contributed by atoms with E-state index in [0.29, 0.717) is 0 Å². The quantitative estimate of drug-likeness (QED) is 0.370. The summed E-state index contributed by atoms with van der Waals surface area (Å²) < 4.78 is 1.12. The molecule has 0 aromatic carbocycles. The summed E-state index contributed by atoms with van der Waals surface area (Å²) in [6, 6.07) is 1.47. The van der Waals surface area contributed by atoms with Crippen LogP contribution in [0.2, 0.25) is 25.7 Å². The maximum Gasteiger partial charge on any atom is 0.0777 e. The maximum absolute atomic E-state index is 2.45. The van der Waals surface area contributed by atoms with Gasteiger partial charge in [-0.3, -0.25) is 0 Å². The van der Waals surface area contributed by atoms with Crippen LogP contribution in [0.15, 0.2) is 0 Å². The molecule has 0 aliphatic carbocycles. The molecular weight excluding hydrogens is 277 g/mol. The first-order valence-corrected chi connectivity index (χ1v) is 8.22. The van der Waals surface area contributed by atoms with E-state index < -0.39 is 8.07 Å². The average Bonchev–Trinajstić information content (AvgIpc) is 1.55. The molecule has 0 N–H and O–H groups in total.